The van der Waals surface area contributed by atoms with E-state index in [9.17, 15) is 14.4 Å². The molecule has 0 bridgehead atoms. The van der Waals surface area contributed by atoms with Gasteiger partial charge in [0.1, 0.15) is 13.2 Å². The van der Waals surface area contributed by atoms with E-state index in [0.29, 0.717) is 33.8 Å². The number of pyridine rings is 1. The molecule has 1 fully saturated rings. The number of nitrogens with one attached hydrogen (secondary N) is 1. The van der Waals surface area contributed by atoms with Crippen LogP contribution in [0.1, 0.15) is 11.1 Å². The number of thioether (sulfide) groups is 1. The van der Waals surface area contributed by atoms with Crippen LogP contribution in [0, 0.1) is 3.57 Å². The van der Waals surface area contributed by atoms with Gasteiger partial charge in [0.25, 0.3) is 11.1 Å². The van der Waals surface area contributed by atoms with Crippen molar-refractivity contribution in [2.45, 2.75) is 6.61 Å². The normalized spacial score (nSPS) is 14.3. The van der Waals surface area contributed by atoms with Gasteiger partial charge in [-0.05, 0) is 116 Å². The van der Waals surface area contributed by atoms with E-state index in [1.54, 1.807) is 42.7 Å². The number of methoxy groups -OCH3 is 1. The fraction of sp³-hybridized carbons (Fsp3) is 0.120. The van der Waals surface area contributed by atoms with Crippen LogP contribution in [0.5, 0.6) is 11.5 Å². The fourth-order valence-electron chi connectivity index (χ4n) is 3.26. The van der Waals surface area contributed by atoms with E-state index in [-0.39, 0.29) is 11.4 Å². The molecule has 36 heavy (non-hydrogen) atoms. The van der Waals surface area contributed by atoms with Gasteiger partial charge in [-0.25, -0.2) is 0 Å². The molecular weight excluding hydrogens is 661 g/mol. The Labute approximate surface area is 233 Å². The Kier molecular flexibility index (Phi) is 8.64. The highest BCUT2D eigenvalue weighted by Crippen LogP contribution is 2.39. The van der Waals surface area contributed by atoms with Crippen molar-refractivity contribution in [1.29, 1.82) is 0 Å². The lowest BCUT2D eigenvalue weighted by atomic mass is 10.1. The van der Waals surface area contributed by atoms with Crippen LogP contribution in [-0.4, -0.2) is 40.6 Å². The number of nitrogens with zero attached hydrogens (tertiary/aromatic N) is 2. The lowest BCUT2D eigenvalue weighted by Crippen LogP contribution is -2.36. The van der Waals surface area contributed by atoms with Crippen molar-refractivity contribution >= 4 is 79.1 Å². The zero-order valence-electron chi connectivity index (χ0n) is 18.9. The molecule has 1 aliphatic heterocycles. The van der Waals surface area contributed by atoms with Crippen LogP contribution in [0.25, 0.3) is 6.08 Å². The molecule has 0 unspecified atom stereocenters. The third kappa shape index (κ3) is 6.45. The molecule has 3 aromatic rings. The Morgan fingerprint density at radius 2 is 1.89 bits per heavy atom. The zero-order valence-corrected chi connectivity index (χ0v) is 23.4. The van der Waals surface area contributed by atoms with Crippen LogP contribution in [0.2, 0.25) is 0 Å². The minimum Gasteiger partial charge on any atom is -0.493 e. The monoisotopic (exact) mass is 679 g/mol. The average Bonchev–Trinajstić information content (AvgIpc) is 3.12. The molecule has 184 valence electrons. The van der Waals surface area contributed by atoms with E-state index in [0.717, 1.165) is 25.8 Å². The van der Waals surface area contributed by atoms with E-state index in [1.807, 2.05) is 24.3 Å². The standard InChI is InChI=1S/C25H19BrIN3O5S/c1-34-20-11-16(10-19(26)23(20)35-14-15-6-8-28-9-7-15)12-21-24(32)30(25(33)36-21)13-22(31)29-18-4-2-17(27)3-5-18/h2-12H,13-14H2,1H3,(H,29,31)/b21-12-. The second-order valence-corrected chi connectivity index (χ2v) is 10.6. The Balaban J connectivity index is 1.46. The maximum absolute atomic E-state index is 12.9. The van der Waals surface area contributed by atoms with Gasteiger partial charge < -0.3 is 14.8 Å². The van der Waals surface area contributed by atoms with Crippen LogP contribution in [-0.2, 0) is 16.2 Å². The van der Waals surface area contributed by atoms with Crippen LogP contribution >= 0.6 is 50.3 Å². The zero-order chi connectivity index (χ0) is 25.7. The van der Waals surface area contributed by atoms with Gasteiger partial charge in [-0.1, -0.05) is 0 Å². The number of benzene rings is 2. The molecule has 0 atom stereocenters. The highest BCUT2D eigenvalue weighted by atomic mass is 127. The molecule has 2 heterocycles. The molecule has 2 aromatic carbocycles. The molecule has 11 heteroatoms. The number of carbonyl (C=O) groups excluding carboxylic acids is 3. The van der Waals surface area contributed by atoms with Gasteiger partial charge in [0.15, 0.2) is 11.5 Å². The molecule has 1 aromatic heterocycles. The van der Waals surface area contributed by atoms with E-state index in [2.05, 4.69) is 48.8 Å². The first-order valence-corrected chi connectivity index (χ1v) is 13.2. The van der Waals surface area contributed by atoms with Gasteiger partial charge in [0.2, 0.25) is 5.91 Å². The number of hydrogen-bond donors (Lipinski definition) is 1. The minimum atomic E-state index is -0.532. The molecule has 1 N–H and O–H groups in total. The van der Waals surface area contributed by atoms with Gasteiger partial charge in [-0.2, -0.15) is 0 Å². The summed E-state index contributed by atoms with van der Waals surface area (Å²) < 4.78 is 13.1. The number of amides is 3. The van der Waals surface area contributed by atoms with Crippen molar-refractivity contribution < 1.29 is 23.9 Å². The van der Waals surface area contributed by atoms with E-state index in [1.165, 1.54) is 7.11 Å². The van der Waals surface area contributed by atoms with Crippen LogP contribution in [0.4, 0.5) is 10.5 Å². The topological polar surface area (TPSA) is 97.8 Å². The van der Waals surface area contributed by atoms with Crippen molar-refractivity contribution in [3.63, 3.8) is 0 Å². The number of imide groups is 1. The van der Waals surface area contributed by atoms with Gasteiger partial charge in [-0.15, -0.1) is 0 Å². The summed E-state index contributed by atoms with van der Waals surface area (Å²) in [5.74, 6) is -0.0246. The van der Waals surface area contributed by atoms with Crippen molar-refractivity contribution in [3.8, 4) is 11.5 Å². The molecule has 4 rings (SSSR count). The van der Waals surface area contributed by atoms with Gasteiger partial charge >= 0.3 is 0 Å². The fourth-order valence-corrected chi connectivity index (χ4v) is 5.03. The molecule has 1 aliphatic rings. The SMILES string of the molecule is COc1cc(/C=C2\SC(=O)N(CC(=O)Nc3ccc(I)cc3)C2=O)cc(Br)c1OCc1ccncc1. The molecule has 8 nitrogen and oxygen atoms in total. The number of rotatable bonds is 8. The summed E-state index contributed by atoms with van der Waals surface area (Å²) in [6.45, 7) is -0.0528. The molecule has 0 radical (unpaired) electrons. The Hall–Kier alpha value is -2.90. The van der Waals surface area contributed by atoms with E-state index in [4.69, 9.17) is 9.47 Å². The van der Waals surface area contributed by atoms with Crippen molar-refractivity contribution in [3.05, 3.63) is 85.0 Å². The number of carbonyl (C=O) groups is 3. The Morgan fingerprint density at radius 3 is 2.58 bits per heavy atom. The summed E-state index contributed by atoms with van der Waals surface area (Å²) in [6, 6.07) is 14.4. The summed E-state index contributed by atoms with van der Waals surface area (Å²) in [5, 5.41) is 2.19. The molecular formula is C25H19BrIN3O5S. The number of anilines is 1. The first-order chi connectivity index (χ1) is 17.3. The minimum absolute atomic E-state index is 0.210. The van der Waals surface area contributed by atoms with Crippen LogP contribution < -0.4 is 14.8 Å². The molecule has 0 spiro atoms. The molecule has 1 saturated heterocycles. The largest absolute Gasteiger partial charge is 0.493 e. The summed E-state index contributed by atoms with van der Waals surface area (Å²) in [6.07, 6.45) is 4.96. The average molecular weight is 680 g/mol. The van der Waals surface area contributed by atoms with Gasteiger partial charge in [0, 0.05) is 21.7 Å². The number of halogens is 2. The quantitative estimate of drug-likeness (QED) is 0.241. The van der Waals surface area contributed by atoms with Gasteiger partial charge in [-0.3, -0.25) is 24.3 Å². The lowest BCUT2D eigenvalue weighted by Gasteiger charge is -2.14. The predicted molar refractivity (Wildman–Crippen MR) is 150 cm³/mol. The molecule has 0 saturated carbocycles. The lowest BCUT2D eigenvalue weighted by molar-refractivity contribution is -0.127. The Morgan fingerprint density at radius 1 is 1.17 bits per heavy atom. The third-order valence-electron chi connectivity index (χ3n) is 4.99. The van der Waals surface area contributed by atoms with Crippen molar-refractivity contribution in [1.82, 2.24) is 9.88 Å². The van der Waals surface area contributed by atoms with Crippen LogP contribution in [0.3, 0.4) is 0 Å². The second kappa shape index (κ2) is 11.9. The predicted octanol–water partition coefficient (Wildman–Crippen LogP) is 5.71. The van der Waals surface area contributed by atoms with Crippen molar-refractivity contribution in [2.75, 3.05) is 19.0 Å². The van der Waals surface area contributed by atoms with E-state index >= 15 is 0 Å². The maximum atomic E-state index is 12.9. The summed E-state index contributed by atoms with van der Waals surface area (Å²) in [5.41, 5.74) is 2.16. The molecule has 3 amide bonds. The highest BCUT2D eigenvalue weighted by molar-refractivity contribution is 14.1. The smallest absolute Gasteiger partial charge is 0.294 e. The van der Waals surface area contributed by atoms with Crippen LogP contribution in [0.15, 0.2) is 70.3 Å². The summed E-state index contributed by atoms with van der Waals surface area (Å²) >= 11 is 6.44. The highest BCUT2D eigenvalue weighted by Gasteiger charge is 2.36. The number of hydrogen-bond acceptors (Lipinski definition) is 7. The second-order valence-electron chi connectivity index (χ2n) is 7.50. The Bertz CT molecular complexity index is 1340. The third-order valence-corrected chi connectivity index (χ3v) is 7.20. The first-order valence-electron chi connectivity index (χ1n) is 10.5. The summed E-state index contributed by atoms with van der Waals surface area (Å²) in [7, 11) is 1.52. The van der Waals surface area contributed by atoms with Gasteiger partial charge in [0.05, 0.1) is 16.5 Å². The molecule has 0 aliphatic carbocycles. The summed E-state index contributed by atoms with van der Waals surface area (Å²) in [4.78, 5) is 42.9. The number of ether oxygens (including phenoxy) is 2. The first kappa shape index (κ1) is 26.2. The van der Waals surface area contributed by atoms with Crippen molar-refractivity contribution in [2.24, 2.45) is 0 Å². The number of aromatic nitrogens is 1. The maximum Gasteiger partial charge on any atom is 0.294 e. The van der Waals surface area contributed by atoms with E-state index < -0.39 is 17.1 Å².